The quantitative estimate of drug-likeness (QED) is 0.390. The summed E-state index contributed by atoms with van der Waals surface area (Å²) in [5.74, 6) is -0.843. The van der Waals surface area contributed by atoms with E-state index in [1.807, 2.05) is 56.4 Å². The van der Waals surface area contributed by atoms with Gasteiger partial charge in [-0.2, -0.15) is 0 Å². The molecule has 39 heavy (non-hydrogen) atoms. The van der Waals surface area contributed by atoms with Gasteiger partial charge in [0, 0.05) is 47.9 Å². The Bertz CT molecular complexity index is 1360. The first-order valence-electron chi connectivity index (χ1n) is 13.7. The number of hydrogen-bond donors (Lipinski definition) is 3. The molecule has 2 fully saturated rings. The van der Waals surface area contributed by atoms with Gasteiger partial charge in [-0.3, -0.25) is 14.4 Å². The van der Waals surface area contributed by atoms with E-state index in [1.54, 1.807) is 15.9 Å². The predicted octanol–water partition coefficient (Wildman–Crippen LogP) is 2.51. The maximum Gasteiger partial charge on any atom is 0.261 e. The summed E-state index contributed by atoms with van der Waals surface area (Å²) in [5.41, 5.74) is 2.41. The normalized spacial score (nSPS) is 29.8. The third-order valence-electron chi connectivity index (χ3n) is 9.15. The third kappa shape index (κ3) is 4.04. The van der Waals surface area contributed by atoms with Gasteiger partial charge < -0.3 is 29.8 Å². The number of aliphatic hydroxyl groups is 1. The number of aliphatic hydroxyl groups excluding tert-OH is 1. The second kappa shape index (κ2) is 9.26. The second-order valence-corrected chi connectivity index (χ2v) is 15.8. The average molecular weight is 550 g/mol. The molecule has 0 aromatic heterocycles. The largest absolute Gasteiger partial charge is 0.432 e. The van der Waals surface area contributed by atoms with E-state index < -0.39 is 31.5 Å². The number of nitrogens with zero attached hydrogens (tertiary/aromatic N) is 2. The van der Waals surface area contributed by atoms with Crippen LogP contribution in [0.25, 0.3) is 0 Å². The fraction of sp³-hybridized carbons (Fsp3) is 0.483. The molecule has 4 aliphatic heterocycles. The van der Waals surface area contributed by atoms with Crippen molar-refractivity contribution in [3.63, 3.8) is 0 Å². The van der Waals surface area contributed by atoms with Crippen molar-refractivity contribution in [1.29, 1.82) is 0 Å². The summed E-state index contributed by atoms with van der Waals surface area (Å²) < 4.78 is 6.66. The third-order valence-corrected chi connectivity index (χ3v) is 11.6. The maximum atomic E-state index is 13.8. The Morgan fingerprint density at radius 2 is 1.92 bits per heavy atom. The Morgan fingerprint density at radius 1 is 1.18 bits per heavy atom. The Balaban J connectivity index is 1.33. The van der Waals surface area contributed by atoms with E-state index in [0.717, 1.165) is 11.1 Å². The molecule has 5 atom stereocenters. The van der Waals surface area contributed by atoms with Gasteiger partial charge in [0.15, 0.2) is 13.9 Å². The molecule has 0 bridgehead atoms. The fourth-order valence-electron chi connectivity index (χ4n) is 7.17. The van der Waals surface area contributed by atoms with Gasteiger partial charge in [0.05, 0.1) is 25.2 Å². The van der Waals surface area contributed by atoms with Crippen LogP contribution in [0.15, 0.2) is 42.5 Å². The molecular weight excluding hydrogens is 514 g/mol. The molecule has 3 N–H and O–H groups in total. The molecule has 0 aliphatic carbocycles. The van der Waals surface area contributed by atoms with Gasteiger partial charge >= 0.3 is 0 Å². The molecule has 3 amide bonds. The zero-order valence-electron chi connectivity index (χ0n) is 22.5. The van der Waals surface area contributed by atoms with Crippen LogP contribution in [0.5, 0.6) is 0 Å². The summed E-state index contributed by atoms with van der Waals surface area (Å²) in [6.45, 7) is 6.45. The van der Waals surface area contributed by atoms with Crippen LogP contribution in [0.3, 0.4) is 0 Å². The number of carbonyl (C=O) groups excluding carboxylic acids is 3. The molecule has 206 valence electrons. The van der Waals surface area contributed by atoms with E-state index in [1.165, 1.54) is 0 Å². The lowest BCUT2D eigenvalue weighted by Crippen LogP contribution is -2.48. The zero-order chi connectivity index (χ0) is 27.7. The molecule has 2 aromatic rings. The van der Waals surface area contributed by atoms with Crippen LogP contribution in [0.2, 0.25) is 18.6 Å². The van der Waals surface area contributed by atoms with Crippen LogP contribution in [-0.4, -0.2) is 66.1 Å². The summed E-state index contributed by atoms with van der Waals surface area (Å²) >= 11 is 0. The zero-order valence-corrected chi connectivity index (χ0v) is 23.5. The van der Waals surface area contributed by atoms with Crippen LogP contribution in [0, 0.1) is 5.92 Å². The molecule has 2 saturated heterocycles. The highest BCUT2D eigenvalue weighted by atomic mass is 28.4. The van der Waals surface area contributed by atoms with Crippen LogP contribution >= 0.6 is 0 Å². The first-order chi connectivity index (χ1) is 18.5. The monoisotopic (exact) mass is 549 g/mol. The van der Waals surface area contributed by atoms with Crippen molar-refractivity contribution in [2.45, 2.75) is 69.1 Å². The number of rotatable bonds is 5. The first-order valence-corrected chi connectivity index (χ1v) is 16.7. The lowest BCUT2D eigenvalue weighted by Gasteiger charge is -2.37. The summed E-state index contributed by atoms with van der Waals surface area (Å²) in [6.07, 6.45) is 0.390. The summed E-state index contributed by atoms with van der Waals surface area (Å²) in [6, 6.07) is 13.1. The van der Waals surface area contributed by atoms with Crippen LogP contribution in [0.1, 0.15) is 36.5 Å². The molecule has 1 spiro atoms. The topological polar surface area (TPSA) is 119 Å². The van der Waals surface area contributed by atoms with Gasteiger partial charge in [-0.1, -0.05) is 31.2 Å². The molecule has 0 radical (unpaired) electrons. The van der Waals surface area contributed by atoms with Gasteiger partial charge in [0.2, 0.25) is 11.8 Å². The van der Waals surface area contributed by atoms with E-state index in [-0.39, 0.29) is 36.8 Å². The Morgan fingerprint density at radius 3 is 2.56 bits per heavy atom. The van der Waals surface area contributed by atoms with Gasteiger partial charge in [-0.25, -0.2) is 0 Å². The number of amides is 3. The number of carbonyl (C=O) groups is 3. The number of fused-ring (bicyclic) bond motifs is 3. The van der Waals surface area contributed by atoms with Crippen molar-refractivity contribution in [3.8, 4) is 0 Å². The Hall–Kier alpha value is -3.05. The predicted molar refractivity (Wildman–Crippen MR) is 147 cm³/mol. The molecule has 0 saturated carbocycles. The molecule has 4 aliphatic rings. The van der Waals surface area contributed by atoms with E-state index in [0.29, 0.717) is 42.9 Å². The van der Waals surface area contributed by atoms with Crippen molar-refractivity contribution >= 4 is 37.4 Å². The van der Waals surface area contributed by atoms with Gasteiger partial charge in [-0.15, -0.1) is 0 Å². The van der Waals surface area contributed by atoms with Crippen LogP contribution in [0.4, 0.5) is 11.4 Å². The summed E-state index contributed by atoms with van der Waals surface area (Å²) in [5, 5.41) is 13.1. The van der Waals surface area contributed by atoms with Crippen molar-refractivity contribution in [2.75, 3.05) is 23.4 Å². The molecule has 9 nitrogen and oxygen atoms in total. The second-order valence-electron chi connectivity index (χ2n) is 11.9. The van der Waals surface area contributed by atoms with E-state index in [2.05, 4.69) is 5.32 Å². The number of benzene rings is 2. The minimum Gasteiger partial charge on any atom is -0.432 e. The standard InChI is InChI=1S/C29H35N3O6Si/c1-17-27(39(2,3)37)24(14-26(35)32-15-19-7-5-4-6-18(19)12-21(32)16-33)38-29(17)22-13-20(31-11-10-25(31)34)8-9-23(22)30-28(29)36/h4-9,13,17,21,24,27,33,37H,10-12,14-16H2,1-3H3,(H,30,36)/t17-,21+,24+,27-,29+/m1/s1. The van der Waals surface area contributed by atoms with E-state index >= 15 is 0 Å². The number of hydrogen-bond acceptors (Lipinski definition) is 6. The SMILES string of the molecule is C[C@@H]1[C@@H]([Si](C)(C)O)[C@H](CC(=O)N2Cc3ccccc3C[C@H]2CO)O[C@@]12C(=O)Nc1ccc(N3CCC3=O)cc12. The summed E-state index contributed by atoms with van der Waals surface area (Å²) in [7, 11) is -2.93. The number of ether oxygens (including phenoxy) is 1. The lowest BCUT2D eigenvalue weighted by atomic mass is 9.82. The smallest absolute Gasteiger partial charge is 0.261 e. The van der Waals surface area contributed by atoms with E-state index in [4.69, 9.17) is 4.74 Å². The highest BCUT2D eigenvalue weighted by molar-refractivity contribution is 6.71. The van der Waals surface area contributed by atoms with Crippen LogP contribution in [-0.2, 0) is 37.7 Å². The van der Waals surface area contributed by atoms with Crippen LogP contribution < -0.4 is 10.2 Å². The maximum absolute atomic E-state index is 13.8. The number of anilines is 2. The van der Waals surface area contributed by atoms with Gasteiger partial charge in [-0.05, 0) is 48.8 Å². The minimum absolute atomic E-state index is 0.000666. The van der Waals surface area contributed by atoms with Crippen molar-refractivity contribution in [1.82, 2.24) is 4.90 Å². The lowest BCUT2D eigenvalue weighted by molar-refractivity contribution is -0.149. The fourth-order valence-corrected chi connectivity index (χ4v) is 9.73. The first kappa shape index (κ1) is 26.2. The highest BCUT2D eigenvalue weighted by Crippen LogP contribution is 2.58. The molecule has 2 aromatic carbocycles. The molecular formula is C29H35N3O6Si. The number of β-lactam (4-membered cyclic amide) rings is 1. The Labute approximate surface area is 228 Å². The summed E-state index contributed by atoms with van der Waals surface area (Å²) in [4.78, 5) is 54.4. The number of nitrogens with one attached hydrogen (secondary N) is 1. The van der Waals surface area contributed by atoms with Gasteiger partial charge in [0.25, 0.3) is 5.91 Å². The van der Waals surface area contributed by atoms with E-state index in [9.17, 15) is 24.3 Å². The Kier molecular flexibility index (Phi) is 6.22. The highest BCUT2D eigenvalue weighted by Gasteiger charge is 2.65. The van der Waals surface area contributed by atoms with Gasteiger partial charge in [0.1, 0.15) is 0 Å². The molecule has 6 rings (SSSR count). The molecule has 0 unspecified atom stereocenters. The van der Waals surface area contributed by atoms with Crippen molar-refractivity contribution in [3.05, 3.63) is 59.2 Å². The average Bonchev–Trinajstić information content (AvgIpc) is 3.35. The molecule has 4 heterocycles. The van der Waals surface area contributed by atoms with Crippen molar-refractivity contribution in [2.24, 2.45) is 5.92 Å². The minimum atomic E-state index is -2.93. The molecule has 10 heteroatoms. The van der Waals surface area contributed by atoms with Crippen molar-refractivity contribution < 1.29 is 29.0 Å².